The summed E-state index contributed by atoms with van der Waals surface area (Å²) >= 11 is 0. The van der Waals surface area contributed by atoms with Gasteiger partial charge in [0, 0.05) is 12.5 Å². The van der Waals surface area contributed by atoms with Gasteiger partial charge in [-0.1, -0.05) is 70.2 Å². The summed E-state index contributed by atoms with van der Waals surface area (Å²) in [6, 6.07) is 17.7. The van der Waals surface area contributed by atoms with Gasteiger partial charge in [0.15, 0.2) is 0 Å². The fourth-order valence-corrected chi connectivity index (χ4v) is 2.37. The predicted molar refractivity (Wildman–Crippen MR) is 104 cm³/mol. The van der Waals surface area contributed by atoms with Crippen LogP contribution in [0.3, 0.4) is 0 Å². The highest BCUT2D eigenvalue weighted by atomic mass is 16.1. The summed E-state index contributed by atoms with van der Waals surface area (Å²) in [5.41, 5.74) is 5.34. The normalized spacial score (nSPS) is 10.5. The monoisotopic (exact) mass is 325 g/mol. The maximum absolute atomic E-state index is 9.50. The SMILES string of the molecule is CC(C)C=O.CNCc1cccc(-c2ccc(CC(C)C)cc2)c1. The minimum atomic E-state index is 0.204. The summed E-state index contributed by atoms with van der Waals surface area (Å²) in [7, 11) is 1.98. The van der Waals surface area contributed by atoms with Crippen molar-refractivity contribution in [2.24, 2.45) is 11.8 Å². The van der Waals surface area contributed by atoms with Gasteiger partial charge >= 0.3 is 0 Å². The van der Waals surface area contributed by atoms with Gasteiger partial charge in [-0.15, -0.1) is 0 Å². The molecule has 1 N–H and O–H groups in total. The van der Waals surface area contributed by atoms with Gasteiger partial charge in [0.2, 0.25) is 0 Å². The van der Waals surface area contributed by atoms with E-state index >= 15 is 0 Å². The number of nitrogens with one attached hydrogen (secondary N) is 1. The van der Waals surface area contributed by atoms with Crippen LogP contribution in [0.15, 0.2) is 48.5 Å². The van der Waals surface area contributed by atoms with Crippen molar-refractivity contribution in [1.82, 2.24) is 5.32 Å². The molecule has 0 radical (unpaired) electrons. The van der Waals surface area contributed by atoms with E-state index in [4.69, 9.17) is 0 Å². The van der Waals surface area contributed by atoms with Crippen molar-refractivity contribution in [3.8, 4) is 11.1 Å². The van der Waals surface area contributed by atoms with Crippen molar-refractivity contribution < 1.29 is 4.79 Å². The number of carbonyl (C=O) groups excluding carboxylic acids is 1. The summed E-state index contributed by atoms with van der Waals surface area (Å²) in [4.78, 5) is 9.50. The first-order valence-corrected chi connectivity index (χ1v) is 8.74. The van der Waals surface area contributed by atoms with Crippen LogP contribution in [-0.2, 0) is 17.8 Å². The van der Waals surface area contributed by atoms with Gasteiger partial charge in [-0.3, -0.25) is 0 Å². The fraction of sp³-hybridized carbons (Fsp3) is 0.409. The first kappa shape index (κ1) is 20.1. The molecule has 0 amide bonds. The van der Waals surface area contributed by atoms with Gasteiger partial charge in [0.1, 0.15) is 6.29 Å². The van der Waals surface area contributed by atoms with Crippen LogP contribution in [0, 0.1) is 11.8 Å². The minimum Gasteiger partial charge on any atom is -0.316 e. The molecule has 0 bridgehead atoms. The van der Waals surface area contributed by atoms with E-state index in [1.165, 1.54) is 22.3 Å². The summed E-state index contributed by atoms with van der Waals surface area (Å²) < 4.78 is 0. The Morgan fingerprint density at radius 3 is 2.04 bits per heavy atom. The zero-order valence-corrected chi connectivity index (χ0v) is 15.7. The van der Waals surface area contributed by atoms with E-state index in [0.717, 1.165) is 19.3 Å². The summed E-state index contributed by atoms with van der Waals surface area (Å²) in [5, 5.41) is 3.19. The second kappa shape index (κ2) is 10.8. The largest absolute Gasteiger partial charge is 0.316 e. The first-order chi connectivity index (χ1) is 11.5. The Morgan fingerprint density at radius 2 is 1.54 bits per heavy atom. The Kier molecular flexibility index (Phi) is 9.03. The van der Waals surface area contributed by atoms with Crippen molar-refractivity contribution in [1.29, 1.82) is 0 Å². The Morgan fingerprint density at radius 1 is 0.917 bits per heavy atom. The van der Waals surface area contributed by atoms with Crippen LogP contribution in [0.5, 0.6) is 0 Å². The topological polar surface area (TPSA) is 29.1 Å². The highest BCUT2D eigenvalue weighted by molar-refractivity contribution is 5.64. The highest BCUT2D eigenvalue weighted by Crippen LogP contribution is 2.21. The molecular formula is C22H31NO. The molecule has 0 aliphatic heterocycles. The van der Waals surface area contributed by atoms with Gasteiger partial charge in [0.05, 0.1) is 0 Å². The van der Waals surface area contributed by atoms with Gasteiger partial charge in [-0.25, -0.2) is 0 Å². The molecule has 0 saturated heterocycles. The van der Waals surface area contributed by atoms with E-state index in [2.05, 4.69) is 67.7 Å². The van der Waals surface area contributed by atoms with Gasteiger partial charge in [-0.2, -0.15) is 0 Å². The van der Waals surface area contributed by atoms with Crippen molar-refractivity contribution in [3.63, 3.8) is 0 Å². The number of benzene rings is 2. The maximum atomic E-state index is 9.50. The zero-order valence-electron chi connectivity index (χ0n) is 15.7. The summed E-state index contributed by atoms with van der Waals surface area (Å²) in [5.74, 6) is 0.916. The minimum absolute atomic E-state index is 0.204. The molecule has 2 aromatic carbocycles. The third-order valence-corrected chi connectivity index (χ3v) is 3.51. The predicted octanol–water partition coefficient (Wildman–Crippen LogP) is 5.11. The molecule has 2 heteroatoms. The van der Waals surface area contributed by atoms with Gasteiger partial charge in [-0.05, 0) is 47.7 Å². The van der Waals surface area contributed by atoms with Gasteiger partial charge in [0.25, 0.3) is 0 Å². The standard InChI is InChI=1S/C18H23N.C4H8O/c1-14(2)11-15-7-9-17(10-8-15)18-6-4-5-16(12-18)13-19-3;1-4(2)3-5/h4-10,12,14,19H,11,13H2,1-3H3;3-4H,1-2H3. The summed E-state index contributed by atoms with van der Waals surface area (Å²) in [6.45, 7) is 9.14. The lowest BCUT2D eigenvalue weighted by molar-refractivity contribution is -0.110. The molecule has 0 aliphatic carbocycles. The second-order valence-corrected chi connectivity index (χ2v) is 6.91. The number of rotatable bonds is 6. The Hall–Kier alpha value is -1.93. The average Bonchev–Trinajstić information content (AvgIpc) is 2.56. The van der Waals surface area contributed by atoms with Crippen molar-refractivity contribution >= 4 is 6.29 Å². The molecule has 24 heavy (non-hydrogen) atoms. The van der Waals surface area contributed by atoms with E-state index in [9.17, 15) is 4.79 Å². The molecular weight excluding hydrogens is 294 g/mol. The van der Waals surface area contributed by atoms with Crippen LogP contribution in [0.4, 0.5) is 0 Å². The maximum Gasteiger partial charge on any atom is 0.122 e. The molecule has 0 unspecified atom stereocenters. The van der Waals surface area contributed by atoms with Crippen LogP contribution in [0.2, 0.25) is 0 Å². The van der Waals surface area contributed by atoms with Crippen LogP contribution < -0.4 is 5.32 Å². The highest BCUT2D eigenvalue weighted by Gasteiger charge is 2.01. The lowest BCUT2D eigenvalue weighted by Gasteiger charge is -2.08. The molecule has 0 saturated carbocycles. The third kappa shape index (κ3) is 7.56. The molecule has 0 fully saturated rings. The van der Waals surface area contributed by atoms with E-state index in [1.54, 1.807) is 0 Å². The van der Waals surface area contributed by atoms with Gasteiger partial charge < -0.3 is 10.1 Å². The zero-order chi connectivity index (χ0) is 17.9. The van der Waals surface area contributed by atoms with E-state index in [0.29, 0.717) is 5.92 Å². The van der Waals surface area contributed by atoms with Crippen molar-refractivity contribution in [2.75, 3.05) is 7.05 Å². The van der Waals surface area contributed by atoms with E-state index < -0.39 is 0 Å². The molecule has 2 aromatic rings. The quantitative estimate of drug-likeness (QED) is 0.748. The van der Waals surface area contributed by atoms with Crippen LogP contribution in [0.25, 0.3) is 11.1 Å². The van der Waals surface area contributed by atoms with Crippen LogP contribution >= 0.6 is 0 Å². The third-order valence-electron chi connectivity index (χ3n) is 3.51. The molecule has 2 nitrogen and oxygen atoms in total. The lowest BCUT2D eigenvalue weighted by Crippen LogP contribution is -2.04. The molecule has 130 valence electrons. The van der Waals surface area contributed by atoms with Crippen molar-refractivity contribution in [2.45, 2.75) is 40.7 Å². The molecule has 0 aliphatic rings. The summed E-state index contributed by atoms with van der Waals surface area (Å²) in [6.07, 6.45) is 2.07. The molecule has 2 rings (SSSR count). The van der Waals surface area contributed by atoms with Crippen LogP contribution in [0.1, 0.15) is 38.8 Å². The smallest absolute Gasteiger partial charge is 0.122 e. The Labute approximate surface area is 147 Å². The fourth-order valence-electron chi connectivity index (χ4n) is 2.37. The Balaban J connectivity index is 0.000000505. The first-order valence-electron chi connectivity index (χ1n) is 8.74. The Bertz CT molecular complexity index is 600. The van der Waals surface area contributed by atoms with E-state index in [1.807, 2.05) is 20.9 Å². The number of hydrogen-bond acceptors (Lipinski definition) is 2. The molecule has 0 atom stereocenters. The lowest BCUT2D eigenvalue weighted by atomic mass is 9.98. The van der Waals surface area contributed by atoms with Crippen molar-refractivity contribution in [3.05, 3.63) is 59.7 Å². The van der Waals surface area contributed by atoms with E-state index in [-0.39, 0.29) is 5.92 Å². The molecule has 0 aromatic heterocycles. The van der Waals surface area contributed by atoms with Crippen LogP contribution in [-0.4, -0.2) is 13.3 Å². The number of hydrogen-bond donors (Lipinski definition) is 1. The molecule has 0 spiro atoms. The number of carbonyl (C=O) groups is 1. The second-order valence-electron chi connectivity index (χ2n) is 6.91. The average molecular weight is 325 g/mol. The number of aldehydes is 1. The molecule has 0 heterocycles.